The van der Waals surface area contributed by atoms with E-state index in [1.54, 1.807) is 35.3 Å². The van der Waals surface area contributed by atoms with E-state index in [9.17, 15) is 4.79 Å². The van der Waals surface area contributed by atoms with Crippen LogP contribution in [0.15, 0.2) is 73.7 Å². The molecular formula is C20H16N4O. The van der Waals surface area contributed by atoms with E-state index in [1.165, 1.54) is 0 Å². The molecule has 0 saturated carbocycles. The molecule has 2 aromatic heterocycles. The molecule has 2 heterocycles. The molecule has 3 rings (SSSR count). The van der Waals surface area contributed by atoms with E-state index in [0.717, 1.165) is 5.69 Å². The molecule has 0 unspecified atom stereocenters. The molecule has 5 nitrogen and oxygen atoms in total. The van der Waals surface area contributed by atoms with Crippen molar-refractivity contribution in [2.24, 2.45) is 0 Å². The lowest BCUT2D eigenvalue weighted by molar-refractivity contribution is 0.0958. The van der Waals surface area contributed by atoms with Crippen LogP contribution in [0.3, 0.4) is 0 Å². The van der Waals surface area contributed by atoms with E-state index in [0.29, 0.717) is 23.4 Å². The Morgan fingerprint density at radius 3 is 2.84 bits per heavy atom. The van der Waals surface area contributed by atoms with E-state index in [2.05, 4.69) is 33.8 Å². The van der Waals surface area contributed by atoms with Gasteiger partial charge < -0.3 is 5.32 Å². The average Bonchev–Trinajstić information content (AvgIpc) is 3.19. The molecular weight excluding hydrogens is 312 g/mol. The number of carbonyl (C=O) groups excluding carboxylic acids is 1. The number of benzene rings is 1. The Labute approximate surface area is 146 Å². The summed E-state index contributed by atoms with van der Waals surface area (Å²) in [7, 11) is 0. The van der Waals surface area contributed by atoms with Gasteiger partial charge in [0, 0.05) is 30.7 Å². The molecule has 0 aliphatic carbocycles. The molecule has 0 spiro atoms. The Morgan fingerprint density at radius 1 is 1.20 bits per heavy atom. The van der Waals surface area contributed by atoms with Crippen molar-refractivity contribution in [3.05, 3.63) is 90.5 Å². The lowest BCUT2D eigenvalue weighted by Crippen LogP contribution is -2.23. The molecule has 0 radical (unpaired) electrons. The third-order valence-corrected chi connectivity index (χ3v) is 3.41. The Hall–Kier alpha value is -3.65. The number of carbonyl (C=O) groups is 1. The van der Waals surface area contributed by atoms with Crippen molar-refractivity contribution in [2.75, 3.05) is 6.54 Å². The summed E-state index contributed by atoms with van der Waals surface area (Å²) in [6.07, 6.45) is 6.86. The maximum atomic E-state index is 12.2. The summed E-state index contributed by atoms with van der Waals surface area (Å²) in [4.78, 5) is 16.4. The molecule has 1 amide bonds. The molecule has 25 heavy (non-hydrogen) atoms. The normalized spacial score (nSPS) is 9.76. The fraction of sp³-hybridized carbons (Fsp3) is 0.0500. The lowest BCUT2D eigenvalue weighted by Gasteiger charge is -2.08. The number of rotatable bonds is 4. The van der Waals surface area contributed by atoms with E-state index < -0.39 is 0 Å². The fourth-order valence-electron chi connectivity index (χ4n) is 2.22. The standard InChI is InChI=1S/C20H16N4O/c1-2-11-22-20(25)17-8-10-19(24-14-5-13-23-24)16(15-17)7-9-18-6-3-4-12-21-18/h2-6,8,10,12-15H,1,11H2,(H,22,25). The second-order valence-corrected chi connectivity index (χ2v) is 5.15. The number of nitrogens with zero attached hydrogens (tertiary/aromatic N) is 3. The topological polar surface area (TPSA) is 59.8 Å². The van der Waals surface area contributed by atoms with Gasteiger partial charge in [-0.25, -0.2) is 9.67 Å². The second-order valence-electron chi connectivity index (χ2n) is 5.15. The highest BCUT2D eigenvalue weighted by Crippen LogP contribution is 2.15. The smallest absolute Gasteiger partial charge is 0.251 e. The highest BCUT2D eigenvalue weighted by Gasteiger charge is 2.09. The van der Waals surface area contributed by atoms with Crippen LogP contribution in [0.2, 0.25) is 0 Å². The van der Waals surface area contributed by atoms with Gasteiger partial charge in [-0.3, -0.25) is 4.79 Å². The third-order valence-electron chi connectivity index (χ3n) is 3.41. The Balaban J connectivity index is 2.01. The van der Waals surface area contributed by atoms with Crippen LogP contribution < -0.4 is 5.32 Å². The molecule has 0 aliphatic rings. The van der Waals surface area contributed by atoms with Crippen molar-refractivity contribution in [3.8, 4) is 17.5 Å². The van der Waals surface area contributed by atoms with Crippen LogP contribution >= 0.6 is 0 Å². The molecule has 3 aromatic rings. The van der Waals surface area contributed by atoms with Crippen molar-refractivity contribution in [1.82, 2.24) is 20.1 Å². The van der Waals surface area contributed by atoms with E-state index >= 15 is 0 Å². The van der Waals surface area contributed by atoms with Gasteiger partial charge in [-0.05, 0) is 42.3 Å². The Kier molecular flexibility index (Phi) is 5.03. The van der Waals surface area contributed by atoms with Crippen LogP contribution in [0, 0.1) is 11.8 Å². The molecule has 0 bridgehead atoms. The van der Waals surface area contributed by atoms with Gasteiger partial charge in [-0.2, -0.15) is 5.10 Å². The molecule has 1 aromatic carbocycles. The highest BCUT2D eigenvalue weighted by atomic mass is 16.1. The minimum absolute atomic E-state index is 0.173. The van der Waals surface area contributed by atoms with Gasteiger partial charge >= 0.3 is 0 Å². The number of amides is 1. The Morgan fingerprint density at radius 2 is 2.12 bits per heavy atom. The minimum Gasteiger partial charge on any atom is -0.349 e. The third kappa shape index (κ3) is 4.01. The van der Waals surface area contributed by atoms with Gasteiger partial charge in [0.15, 0.2) is 0 Å². The molecule has 0 aliphatic heterocycles. The number of nitrogens with one attached hydrogen (secondary N) is 1. The maximum Gasteiger partial charge on any atom is 0.251 e. The zero-order valence-electron chi connectivity index (χ0n) is 13.5. The predicted octanol–water partition coefficient (Wildman–Crippen LogP) is 2.58. The minimum atomic E-state index is -0.173. The SMILES string of the molecule is C=CCNC(=O)c1ccc(-n2cccn2)c(C#Cc2ccccn2)c1. The van der Waals surface area contributed by atoms with E-state index in [4.69, 9.17) is 0 Å². The van der Waals surface area contributed by atoms with Gasteiger partial charge in [0.1, 0.15) is 5.69 Å². The first kappa shape index (κ1) is 16.2. The first-order chi connectivity index (χ1) is 12.3. The van der Waals surface area contributed by atoms with Crippen molar-refractivity contribution in [2.45, 2.75) is 0 Å². The molecule has 0 saturated heterocycles. The fourth-order valence-corrected chi connectivity index (χ4v) is 2.22. The summed E-state index contributed by atoms with van der Waals surface area (Å²) in [5, 5.41) is 7.01. The summed E-state index contributed by atoms with van der Waals surface area (Å²) in [5.74, 6) is 5.94. The highest BCUT2D eigenvalue weighted by molar-refractivity contribution is 5.95. The van der Waals surface area contributed by atoms with Crippen LogP contribution in [0.5, 0.6) is 0 Å². The molecule has 0 atom stereocenters. The summed E-state index contributed by atoms with van der Waals surface area (Å²) in [6, 6.07) is 12.7. The molecule has 122 valence electrons. The number of pyridine rings is 1. The second kappa shape index (κ2) is 7.75. The van der Waals surface area contributed by atoms with Crippen molar-refractivity contribution >= 4 is 5.91 Å². The van der Waals surface area contributed by atoms with Crippen LogP contribution in [-0.4, -0.2) is 27.2 Å². The number of hydrogen-bond acceptors (Lipinski definition) is 3. The van der Waals surface area contributed by atoms with Gasteiger partial charge in [0.05, 0.1) is 11.3 Å². The maximum absolute atomic E-state index is 12.2. The van der Waals surface area contributed by atoms with Gasteiger partial charge in [0.2, 0.25) is 0 Å². The first-order valence-electron chi connectivity index (χ1n) is 7.74. The predicted molar refractivity (Wildman–Crippen MR) is 96.3 cm³/mol. The zero-order chi connectivity index (χ0) is 17.5. The Bertz CT molecular complexity index is 935. The summed E-state index contributed by atoms with van der Waals surface area (Å²) in [6.45, 7) is 4.01. The van der Waals surface area contributed by atoms with Crippen molar-refractivity contribution < 1.29 is 4.79 Å². The van der Waals surface area contributed by atoms with Crippen molar-refractivity contribution in [3.63, 3.8) is 0 Å². The monoisotopic (exact) mass is 328 g/mol. The number of hydrogen-bond donors (Lipinski definition) is 1. The van der Waals surface area contributed by atoms with Crippen LogP contribution in [-0.2, 0) is 0 Å². The first-order valence-corrected chi connectivity index (χ1v) is 7.74. The quantitative estimate of drug-likeness (QED) is 0.591. The van der Waals surface area contributed by atoms with E-state index in [1.807, 2.05) is 36.5 Å². The zero-order valence-corrected chi connectivity index (χ0v) is 13.5. The van der Waals surface area contributed by atoms with E-state index in [-0.39, 0.29) is 5.91 Å². The molecule has 1 N–H and O–H groups in total. The van der Waals surface area contributed by atoms with Crippen LogP contribution in [0.25, 0.3) is 5.69 Å². The summed E-state index contributed by atoms with van der Waals surface area (Å²) in [5.41, 5.74) is 2.69. The van der Waals surface area contributed by atoms with Gasteiger partial charge in [-0.1, -0.05) is 18.1 Å². The average molecular weight is 328 g/mol. The van der Waals surface area contributed by atoms with Gasteiger partial charge in [0.25, 0.3) is 5.91 Å². The van der Waals surface area contributed by atoms with Crippen LogP contribution in [0.4, 0.5) is 0 Å². The summed E-state index contributed by atoms with van der Waals surface area (Å²) < 4.78 is 1.72. The largest absolute Gasteiger partial charge is 0.349 e. The van der Waals surface area contributed by atoms with Crippen LogP contribution in [0.1, 0.15) is 21.6 Å². The molecule has 5 heteroatoms. The molecule has 0 fully saturated rings. The lowest BCUT2D eigenvalue weighted by atomic mass is 10.1. The summed E-state index contributed by atoms with van der Waals surface area (Å²) >= 11 is 0. The van der Waals surface area contributed by atoms with Gasteiger partial charge in [-0.15, -0.1) is 6.58 Å². The number of aromatic nitrogens is 3. The van der Waals surface area contributed by atoms with Crippen molar-refractivity contribution in [1.29, 1.82) is 0 Å².